The number of aromatic amines is 4. The molecule has 0 saturated carbocycles. The van der Waals surface area contributed by atoms with Crippen LogP contribution in [0, 0.1) is 20.5 Å². The number of rotatable bonds is 0. The third-order valence-electron chi connectivity index (χ3n) is 2.76. The molecule has 0 radical (unpaired) electrons. The van der Waals surface area contributed by atoms with Gasteiger partial charge in [-0.3, -0.25) is 0 Å². The Labute approximate surface area is 161 Å². The van der Waals surface area contributed by atoms with Crippen molar-refractivity contribution in [1.82, 2.24) is 9.97 Å². The Bertz CT molecular complexity index is 801. The maximum atomic E-state index is 8.49. The lowest BCUT2D eigenvalue weighted by Crippen LogP contribution is -2.68. The number of H-pyrrole nitrogens is 4. The van der Waals surface area contributed by atoms with Crippen LogP contribution in [0.2, 0.25) is 0 Å². The summed E-state index contributed by atoms with van der Waals surface area (Å²) in [4.78, 5) is 12.3. The van der Waals surface area contributed by atoms with Crippen molar-refractivity contribution in [3.8, 4) is 0 Å². The number of fused-ring (bicyclic) bond motifs is 2. The van der Waals surface area contributed by atoms with Gasteiger partial charge in [0.2, 0.25) is 12.7 Å². The van der Waals surface area contributed by atoms with Gasteiger partial charge in [-0.2, -0.15) is 0 Å². The zero-order chi connectivity index (χ0) is 21.2. The Kier molecular flexibility index (Phi) is 9.17. The van der Waals surface area contributed by atoms with Crippen LogP contribution < -0.4 is 47.2 Å². The summed E-state index contributed by atoms with van der Waals surface area (Å²) in [5, 5.41) is 0. The van der Waals surface area contributed by atoms with Gasteiger partial charge in [0.1, 0.15) is 0 Å². The summed E-state index contributed by atoms with van der Waals surface area (Å²) in [5.74, 6) is 0. The third kappa shape index (κ3) is 12.1. The van der Waals surface area contributed by atoms with Gasteiger partial charge in [0.15, 0.2) is 22.1 Å². The molecule has 0 fully saturated rings. The molecule has 152 valence electrons. The summed E-state index contributed by atoms with van der Waals surface area (Å²) in [7, 11) is -9.89. The van der Waals surface area contributed by atoms with Crippen molar-refractivity contribution in [3.05, 3.63) is 61.2 Å². The molecule has 0 saturated heterocycles. The standard InChI is InChI=1S/2C7H6N2.2ClHO4/c2*1-2-4-7-6(3-1)8-5-9-7;2*2-1(3,4)5/h2*1-5H,(H,8,9);2*(H,2,3,4,5). The highest BCUT2D eigenvalue weighted by atomic mass is 35.7. The third-order valence-corrected chi connectivity index (χ3v) is 2.76. The van der Waals surface area contributed by atoms with E-state index in [0.29, 0.717) is 0 Å². The average molecular weight is 437 g/mol. The van der Waals surface area contributed by atoms with Gasteiger partial charge in [0.25, 0.3) is 0 Å². The molecule has 2 heterocycles. The molecule has 0 amide bonds. The summed E-state index contributed by atoms with van der Waals surface area (Å²) in [6.07, 6.45) is 3.65. The predicted octanol–water partition coefficient (Wildman–Crippen LogP) is -7.55. The number of nitrogens with one attached hydrogen (secondary N) is 4. The minimum absolute atomic E-state index is 1.15. The SMILES string of the molecule is [O-][Cl+3]([O-])([O-])[O-].[O-][Cl+3]([O-])([O-])[O-].c1ccc2[nH+]c[nH]c2c1.c1ccc2[nH+]c[nH]c2c1. The molecule has 0 aliphatic carbocycles. The van der Waals surface area contributed by atoms with Gasteiger partial charge in [-0.05, 0) is 24.3 Å². The van der Waals surface area contributed by atoms with Crippen molar-refractivity contribution < 1.29 is 67.7 Å². The Balaban J connectivity index is 0.000000196. The fraction of sp³-hybridized carbons (Fsp3) is 0. The normalized spacial score (nSPS) is 10.9. The second-order valence-corrected chi connectivity index (χ2v) is 6.22. The minimum atomic E-state index is -4.94. The van der Waals surface area contributed by atoms with Crippen LogP contribution in [-0.4, -0.2) is 9.97 Å². The van der Waals surface area contributed by atoms with E-state index in [-0.39, 0.29) is 0 Å². The van der Waals surface area contributed by atoms with E-state index in [1.54, 1.807) is 0 Å². The smallest absolute Gasteiger partial charge is 0.240 e. The van der Waals surface area contributed by atoms with E-state index in [1.807, 2.05) is 61.2 Å². The molecule has 2 aromatic carbocycles. The fourth-order valence-corrected chi connectivity index (χ4v) is 1.85. The zero-order valence-electron chi connectivity index (χ0n) is 13.8. The number of hydrogen-bond acceptors (Lipinski definition) is 8. The molecule has 12 nitrogen and oxygen atoms in total. The van der Waals surface area contributed by atoms with Gasteiger partial charge in [-0.25, -0.2) is 57.2 Å². The second kappa shape index (κ2) is 10.8. The zero-order valence-corrected chi connectivity index (χ0v) is 15.3. The number of aromatic nitrogens is 4. The lowest BCUT2D eigenvalue weighted by atomic mass is 10.3. The first-order chi connectivity index (χ1) is 12.9. The molecular formula is C14H14Cl2N4O8. The first kappa shape index (κ1) is 23.7. The van der Waals surface area contributed by atoms with E-state index in [2.05, 4.69) is 19.9 Å². The molecule has 0 aliphatic heterocycles. The van der Waals surface area contributed by atoms with Crippen molar-refractivity contribution in [3.63, 3.8) is 0 Å². The van der Waals surface area contributed by atoms with E-state index >= 15 is 0 Å². The maximum absolute atomic E-state index is 8.49. The maximum Gasteiger partial charge on any atom is 0.240 e. The van der Waals surface area contributed by atoms with Crippen LogP contribution in [0.3, 0.4) is 0 Å². The largest absolute Gasteiger partial charge is 0.244 e. The van der Waals surface area contributed by atoms with E-state index in [9.17, 15) is 0 Å². The molecule has 28 heavy (non-hydrogen) atoms. The van der Waals surface area contributed by atoms with Gasteiger partial charge in [-0.1, -0.05) is 24.3 Å². The quantitative estimate of drug-likeness (QED) is 0.267. The molecule has 0 unspecified atom stereocenters. The Morgan fingerprint density at radius 3 is 1.11 bits per heavy atom. The lowest BCUT2D eigenvalue weighted by molar-refractivity contribution is -2.00. The van der Waals surface area contributed by atoms with Gasteiger partial charge in [-0.15, -0.1) is 20.5 Å². The molecule has 0 bridgehead atoms. The van der Waals surface area contributed by atoms with E-state index in [1.165, 1.54) is 0 Å². The molecule has 0 aliphatic rings. The molecule has 0 atom stereocenters. The van der Waals surface area contributed by atoms with E-state index < -0.39 is 20.5 Å². The van der Waals surface area contributed by atoms with Crippen LogP contribution in [-0.2, 0) is 0 Å². The lowest BCUT2D eigenvalue weighted by Gasteiger charge is -2.17. The average Bonchev–Trinajstić information content (AvgIpc) is 3.21. The molecule has 4 aromatic rings. The number of hydrogen-bond donors (Lipinski definition) is 2. The molecule has 14 heteroatoms. The minimum Gasteiger partial charge on any atom is -0.244 e. The summed E-state index contributed by atoms with van der Waals surface area (Å²) in [5.41, 5.74) is 4.60. The highest BCUT2D eigenvalue weighted by molar-refractivity contribution is 5.70. The number of benzene rings is 2. The fourth-order valence-electron chi connectivity index (χ4n) is 1.85. The van der Waals surface area contributed by atoms with Gasteiger partial charge < -0.3 is 0 Å². The topological polar surface area (TPSA) is 244 Å². The molecule has 0 spiro atoms. The molecule has 4 N–H and O–H groups in total. The Hall–Kier alpha value is -2.36. The van der Waals surface area contributed by atoms with Crippen molar-refractivity contribution in [2.45, 2.75) is 0 Å². The first-order valence-electron chi connectivity index (χ1n) is 7.04. The van der Waals surface area contributed by atoms with Crippen molar-refractivity contribution in [2.24, 2.45) is 0 Å². The number of para-hydroxylation sites is 4. The summed E-state index contributed by atoms with van der Waals surface area (Å²) < 4.78 is 67.9. The van der Waals surface area contributed by atoms with Gasteiger partial charge in [0.05, 0.1) is 0 Å². The Morgan fingerprint density at radius 2 is 0.821 bits per heavy atom. The highest BCUT2D eigenvalue weighted by Gasteiger charge is 1.96. The van der Waals surface area contributed by atoms with Crippen molar-refractivity contribution in [1.29, 1.82) is 0 Å². The summed E-state index contributed by atoms with van der Waals surface area (Å²) >= 11 is 0. The van der Waals surface area contributed by atoms with Crippen LogP contribution in [0.4, 0.5) is 0 Å². The Morgan fingerprint density at radius 1 is 0.536 bits per heavy atom. The first-order valence-corrected chi connectivity index (χ1v) is 9.51. The van der Waals surface area contributed by atoms with Crippen LogP contribution >= 0.6 is 0 Å². The van der Waals surface area contributed by atoms with Crippen LogP contribution in [0.25, 0.3) is 22.1 Å². The van der Waals surface area contributed by atoms with Crippen molar-refractivity contribution in [2.75, 3.05) is 0 Å². The van der Waals surface area contributed by atoms with Gasteiger partial charge in [0, 0.05) is 0 Å². The van der Waals surface area contributed by atoms with Crippen LogP contribution in [0.1, 0.15) is 0 Å². The van der Waals surface area contributed by atoms with E-state index in [0.717, 1.165) is 22.1 Å². The second-order valence-electron chi connectivity index (χ2n) is 4.71. The van der Waals surface area contributed by atoms with Crippen molar-refractivity contribution >= 4 is 22.1 Å². The number of imidazole rings is 2. The monoisotopic (exact) mass is 436 g/mol. The van der Waals surface area contributed by atoms with Crippen LogP contribution in [0.15, 0.2) is 61.2 Å². The highest BCUT2D eigenvalue weighted by Crippen LogP contribution is 2.02. The summed E-state index contributed by atoms with van der Waals surface area (Å²) in [6.45, 7) is 0. The molecular weight excluding hydrogens is 423 g/mol. The predicted molar refractivity (Wildman–Crippen MR) is 69.7 cm³/mol. The van der Waals surface area contributed by atoms with Gasteiger partial charge >= 0.3 is 0 Å². The molecule has 4 rings (SSSR count). The van der Waals surface area contributed by atoms with E-state index in [4.69, 9.17) is 37.3 Å². The number of halogens is 2. The van der Waals surface area contributed by atoms with Crippen LogP contribution in [0.5, 0.6) is 0 Å². The summed E-state index contributed by atoms with van der Waals surface area (Å²) in [6, 6.07) is 16.2. The molecule has 2 aromatic heterocycles.